The zero-order chi connectivity index (χ0) is 18.1. The molecule has 2 rings (SSSR count). The number of nitrogens with zero attached hydrogens (tertiary/aromatic N) is 3. The summed E-state index contributed by atoms with van der Waals surface area (Å²) in [6, 6.07) is 7.99. The summed E-state index contributed by atoms with van der Waals surface area (Å²) in [6.07, 6.45) is 0. The number of benzene rings is 1. The molecule has 8 heteroatoms. The average molecular weight is 353 g/mol. The van der Waals surface area contributed by atoms with Gasteiger partial charge in [-0.3, -0.25) is 9.69 Å². The van der Waals surface area contributed by atoms with Gasteiger partial charge in [0.05, 0.1) is 6.04 Å². The number of hydrogen-bond donors (Lipinski definition) is 0. The van der Waals surface area contributed by atoms with Gasteiger partial charge in [0.25, 0.3) is 5.91 Å². The van der Waals surface area contributed by atoms with E-state index in [4.69, 9.17) is 0 Å². The Hall–Kier alpha value is -1.93. The molecule has 1 aromatic carbocycles. The van der Waals surface area contributed by atoms with Gasteiger partial charge in [0.15, 0.2) is 5.25 Å². The predicted molar refractivity (Wildman–Crippen MR) is 90.6 cm³/mol. The number of carbonyl (C=O) groups is 2. The van der Waals surface area contributed by atoms with E-state index < -0.39 is 33.3 Å². The Bertz CT molecular complexity index is 720. The van der Waals surface area contributed by atoms with E-state index in [2.05, 4.69) is 0 Å². The fourth-order valence-electron chi connectivity index (χ4n) is 2.81. The van der Waals surface area contributed by atoms with Gasteiger partial charge in [-0.1, -0.05) is 37.3 Å². The number of hydrogen-bond acceptors (Lipinski definition) is 4. The Balaban J connectivity index is 2.36. The van der Waals surface area contributed by atoms with Crippen molar-refractivity contribution >= 4 is 22.0 Å². The Morgan fingerprint density at radius 2 is 1.71 bits per heavy atom. The third kappa shape index (κ3) is 3.16. The van der Waals surface area contributed by atoms with E-state index in [1.54, 1.807) is 13.8 Å². The first-order chi connectivity index (χ1) is 11.2. The fourth-order valence-corrected chi connectivity index (χ4v) is 4.91. The molecule has 0 radical (unpaired) electrons. The van der Waals surface area contributed by atoms with Crippen molar-refractivity contribution in [1.29, 1.82) is 0 Å². The van der Waals surface area contributed by atoms with Crippen LogP contribution >= 0.6 is 0 Å². The third-order valence-electron chi connectivity index (χ3n) is 4.45. The Morgan fingerprint density at radius 3 is 2.25 bits per heavy atom. The molecule has 0 bridgehead atoms. The second-order valence-electron chi connectivity index (χ2n) is 5.91. The van der Waals surface area contributed by atoms with Gasteiger partial charge in [-0.25, -0.2) is 13.2 Å². The van der Waals surface area contributed by atoms with Gasteiger partial charge in [-0.15, -0.1) is 0 Å². The highest BCUT2D eigenvalue weighted by atomic mass is 32.2. The maximum absolute atomic E-state index is 13.1. The average Bonchev–Trinajstić information content (AvgIpc) is 2.56. The molecule has 0 spiro atoms. The molecule has 2 unspecified atom stereocenters. The molecule has 2 atom stereocenters. The summed E-state index contributed by atoms with van der Waals surface area (Å²) in [5.74, 6) is -0.683. The number of imide groups is 1. The monoisotopic (exact) mass is 353 g/mol. The topological polar surface area (TPSA) is 78.0 Å². The molecule has 132 valence electrons. The second-order valence-corrected chi connectivity index (χ2v) is 7.96. The van der Waals surface area contributed by atoms with E-state index in [9.17, 15) is 18.0 Å². The molecule has 0 N–H and O–H groups in total. The highest BCUT2D eigenvalue weighted by Gasteiger charge is 2.49. The minimum absolute atomic E-state index is 0.192. The zero-order valence-corrected chi connectivity index (χ0v) is 15.2. The Labute approximate surface area is 142 Å². The molecule has 7 nitrogen and oxygen atoms in total. The van der Waals surface area contributed by atoms with E-state index in [-0.39, 0.29) is 13.1 Å². The van der Waals surface area contributed by atoms with Crippen LogP contribution < -0.4 is 0 Å². The van der Waals surface area contributed by atoms with E-state index in [1.165, 1.54) is 23.3 Å². The highest BCUT2D eigenvalue weighted by Crippen LogP contribution is 2.24. The van der Waals surface area contributed by atoms with Crippen LogP contribution in [0.5, 0.6) is 0 Å². The first kappa shape index (κ1) is 18.4. The fraction of sp³-hybridized carbons (Fsp3) is 0.500. The van der Waals surface area contributed by atoms with Crippen molar-refractivity contribution in [3.05, 3.63) is 35.9 Å². The summed E-state index contributed by atoms with van der Waals surface area (Å²) in [6.45, 7) is 3.76. The Morgan fingerprint density at radius 1 is 1.12 bits per heavy atom. The summed E-state index contributed by atoms with van der Waals surface area (Å²) in [5.41, 5.74) is 0.844. The number of carbonyl (C=O) groups excluding carboxylic acids is 2. The van der Waals surface area contributed by atoms with Gasteiger partial charge >= 0.3 is 6.03 Å². The molecule has 1 aromatic rings. The van der Waals surface area contributed by atoms with Crippen molar-refractivity contribution in [2.24, 2.45) is 0 Å². The van der Waals surface area contributed by atoms with Crippen LogP contribution in [0.3, 0.4) is 0 Å². The molecular formula is C16H23N3O4S. The summed E-state index contributed by atoms with van der Waals surface area (Å²) in [4.78, 5) is 26.6. The van der Waals surface area contributed by atoms with Crippen LogP contribution in [0.1, 0.15) is 19.4 Å². The standard InChI is InChI=1S/C16H23N3O4S/c1-5-19(11-13-9-7-6-8-10-13)24(22,23)14-12(2)17(3)16(21)18(4)15(14)20/h6-10,12,14H,5,11H2,1-4H3. The number of sulfonamides is 1. The number of rotatable bonds is 5. The lowest BCUT2D eigenvalue weighted by molar-refractivity contribution is -0.130. The van der Waals surface area contributed by atoms with Crippen LogP contribution in [-0.4, -0.2) is 66.4 Å². The summed E-state index contributed by atoms with van der Waals surface area (Å²) in [7, 11) is -1.10. The molecule has 1 heterocycles. The largest absolute Gasteiger partial charge is 0.326 e. The first-order valence-corrected chi connectivity index (χ1v) is 9.29. The van der Waals surface area contributed by atoms with Gasteiger partial charge in [0, 0.05) is 27.2 Å². The van der Waals surface area contributed by atoms with E-state index in [1.807, 2.05) is 30.3 Å². The number of amides is 3. The summed E-state index contributed by atoms with van der Waals surface area (Å²) >= 11 is 0. The highest BCUT2D eigenvalue weighted by molar-refractivity contribution is 7.90. The summed E-state index contributed by atoms with van der Waals surface area (Å²) < 4.78 is 27.5. The van der Waals surface area contributed by atoms with Crippen molar-refractivity contribution in [3.8, 4) is 0 Å². The zero-order valence-electron chi connectivity index (χ0n) is 14.3. The van der Waals surface area contributed by atoms with E-state index in [0.717, 1.165) is 10.5 Å². The lowest BCUT2D eigenvalue weighted by atomic mass is 10.1. The lowest BCUT2D eigenvalue weighted by Gasteiger charge is -2.41. The van der Waals surface area contributed by atoms with Crippen LogP contribution in [0.2, 0.25) is 0 Å². The molecule has 0 aromatic heterocycles. The molecule has 1 fully saturated rings. The Kier molecular flexibility index (Phi) is 5.29. The van der Waals surface area contributed by atoms with Crippen molar-refractivity contribution in [2.45, 2.75) is 31.7 Å². The SMILES string of the molecule is CCN(Cc1ccccc1)S(=O)(=O)C1C(=O)N(C)C(=O)N(C)C1C. The molecular weight excluding hydrogens is 330 g/mol. The van der Waals surface area contributed by atoms with E-state index in [0.29, 0.717) is 0 Å². The van der Waals surface area contributed by atoms with Gasteiger partial charge in [-0.2, -0.15) is 4.31 Å². The molecule has 1 saturated heterocycles. The van der Waals surface area contributed by atoms with Crippen molar-refractivity contribution < 1.29 is 18.0 Å². The number of urea groups is 1. The molecule has 0 saturated carbocycles. The van der Waals surface area contributed by atoms with Crippen molar-refractivity contribution in [3.63, 3.8) is 0 Å². The quantitative estimate of drug-likeness (QED) is 0.795. The molecule has 1 aliphatic rings. The van der Waals surface area contributed by atoms with Gasteiger partial charge in [0.1, 0.15) is 0 Å². The van der Waals surface area contributed by atoms with Gasteiger partial charge in [-0.05, 0) is 12.5 Å². The van der Waals surface area contributed by atoms with Crippen LogP contribution in [-0.2, 0) is 21.4 Å². The maximum Gasteiger partial charge on any atom is 0.326 e. The van der Waals surface area contributed by atoms with Crippen LogP contribution in [0.4, 0.5) is 4.79 Å². The van der Waals surface area contributed by atoms with Gasteiger partial charge < -0.3 is 4.90 Å². The molecule has 3 amide bonds. The van der Waals surface area contributed by atoms with E-state index >= 15 is 0 Å². The van der Waals surface area contributed by atoms with Gasteiger partial charge in [0.2, 0.25) is 10.0 Å². The normalized spacial score (nSPS) is 22.4. The van der Waals surface area contributed by atoms with Crippen molar-refractivity contribution in [2.75, 3.05) is 20.6 Å². The third-order valence-corrected chi connectivity index (χ3v) is 6.79. The van der Waals surface area contributed by atoms with Crippen LogP contribution in [0.25, 0.3) is 0 Å². The molecule has 0 aliphatic carbocycles. The predicted octanol–water partition coefficient (Wildman–Crippen LogP) is 1.12. The second kappa shape index (κ2) is 6.90. The molecule has 1 aliphatic heterocycles. The minimum Gasteiger partial charge on any atom is -0.323 e. The van der Waals surface area contributed by atoms with Crippen LogP contribution in [0, 0.1) is 0 Å². The smallest absolute Gasteiger partial charge is 0.323 e. The summed E-state index contributed by atoms with van der Waals surface area (Å²) in [5, 5.41) is -1.30. The lowest BCUT2D eigenvalue weighted by Crippen LogP contribution is -2.64. The van der Waals surface area contributed by atoms with Crippen molar-refractivity contribution in [1.82, 2.24) is 14.1 Å². The van der Waals surface area contributed by atoms with Crippen LogP contribution in [0.15, 0.2) is 30.3 Å². The first-order valence-electron chi connectivity index (χ1n) is 7.79. The maximum atomic E-state index is 13.1. The molecule has 24 heavy (non-hydrogen) atoms. The minimum atomic E-state index is -3.91.